The Kier molecular flexibility index (Phi) is 6.54. The molecule has 0 saturated heterocycles. The zero-order valence-electron chi connectivity index (χ0n) is 16.1. The van der Waals surface area contributed by atoms with Crippen molar-refractivity contribution >= 4 is 29.2 Å². The maximum atomic E-state index is 13.4. The zero-order valence-corrected chi connectivity index (χ0v) is 16.9. The first kappa shape index (κ1) is 21.1. The molecular formula is C22H17ClFNO5. The SMILES string of the molecule is COC(=O)C1=C(C(=O)OC)N(c2ccc(Oc3cccc(F)c3)c(Cl)c2)C=CC=C1. The van der Waals surface area contributed by atoms with E-state index in [-0.39, 0.29) is 22.0 Å². The monoisotopic (exact) mass is 429 g/mol. The second kappa shape index (κ2) is 9.28. The van der Waals surface area contributed by atoms with Crippen molar-refractivity contribution < 1.29 is 28.2 Å². The Morgan fingerprint density at radius 1 is 1.00 bits per heavy atom. The van der Waals surface area contributed by atoms with Crippen molar-refractivity contribution in [3.05, 3.63) is 89.0 Å². The van der Waals surface area contributed by atoms with Gasteiger partial charge in [0.2, 0.25) is 0 Å². The summed E-state index contributed by atoms with van der Waals surface area (Å²) in [5.74, 6) is -1.29. The van der Waals surface area contributed by atoms with Crippen LogP contribution in [-0.4, -0.2) is 26.2 Å². The van der Waals surface area contributed by atoms with Gasteiger partial charge in [0.25, 0.3) is 0 Å². The van der Waals surface area contributed by atoms with Crippen molar-refractivity contribution in [3.8, 4) is 11.5 Å². The van der Waals surface area contributed by atoms with Gasteiger partial charge in [0.05, 0.1) is 24.8 Å². The van der Waals surface area contributed by atoms with Gasteiger partial charge in [0.15, 0.2) is 0 Å². The van der Waals surface area contributed by atoms with E-state index >= 15 is 0 Å². The first-order valence-corrected chi connectivity index (χ1v) is 9.10. The van der Waals surface area contributed by atoms with Crippen LogP contribution in [0.1, 0.15) is 0 Å². The number of anilines is 1. The van der Waals surface area contributed by atoms with Crippen molar-refractivity contribution in [3.63, 3.8) is 0 Å². The molecule has 3 rings (SSSR count). The molecule has 1 heterocycles. The van der Waals surface area contributed by atoms with Crippen LogP contribution in [0, 0.1) is 5.82 Å². The summed E-state index contributed by atoms with van der Waals surface area (Å²) in [6, 6.07) is 10.4. The average Bonchev–Trinajstić information content (AvgIpc) is 2.97. The van der Waals surface area contributed by atoms with E-state index in [1.54, 1.807) is 42.6 Å². The van der Waals surface area contributed by atoms with Gasteiger partial charge in [-0.2, -0.15) is 0 Å². The minimum Gasteiger partial charge on any atom is -0.465 e. The molecule has 154 valence electrons. The number of ether oxygens (including phenoxy) is 3. The van der Waals surface area contributed by atoms with Gasteiger partial charge in [-0.25, -0.2) is 14.0 Å². The Hall–Kier alpha value is -3.58. The van der Waals surface area contributed by atoms with E-state index in [9.17, 15) is 14.0 Å². The second-order valence-corrected chi connectivity index (χ2v) is 6.40. The third-order valence-corrected chi connectivity index (χ3v) is 4.40. The average molecular weight is 430 g/mol. The predicted octanol–water partition coefficient (Wildman–Crippen LogP) is 4.76. The van der Waals surface area contributed by atoms with Crippen LogP contribution >= 0.6 is 11.6 Å². The zero-order chi connectivity index (χ0) is 21.7. The molecule has 0 unspecified atom stereocenters. The molecular weight excluding hydrogens is 413 g/mol. The van der Waals surface area contributed by atoms with Crippen LogP contribution in [0.15, 0.2) is 78.2 Å². The van der Waals surface area contributed by atoms with Gasteiger partial charge in [0, 0.05) is 18.0 Å². The minimum absolute atomic E-state index is 0.0190. The van der Waals surface area contributed by atoms with Crippen LogP contribution in [0.25, 0.3) is 0 Å². The van der Waals surface area contributed by atoms with Gasteiger partial charge < -0.3 is 19.1 Å². The van der Waals surface area contributed by atoms with Crippen LogP contribution in [0.5, 0.6) is 11.5 Å². The fourth-order valence-electron chi connectivity index (χ4n) is 2.75. The number of methoxy groups -OCH3 is 2. The quantitative estimate of drug-likeness (QED) is 0.638. The highest BCUT2D eigenvalue weighted by molar-refractivity contribution is 6.32. The number of esters is 2. The van der Waals surface area contributed by atoms with E-state index in [1.807, 2.05) is 0 Å². The second-order valence-electron chi connectivity index (χ2n) is 5.99. The number of hydrogen-bond acceptors (Lipinski definition) is 6. The predicted molar refractivity (Wildman–Crippen MR) is 110 cm³/mol. The molecule has 0 atom stereocenters. The summed E-state index contributed by atoms with van der Waals surface area (Å²) in [6.45, 7) is 0. The molecule has 0 N–H and O–H groups in total. The van der Waals surface area contributed by atoms with Crippen molar-refractivity contribution in [1.82, 2.24) is 0 Å². The molecule has 1 aliphatic rings. The first-order valence-electron chi connectivity index (χ1n) is 8.72. The summed E-state index contributed by atoms with van der Waals surface area (Å²) in [4.78, 5) is 26.1. The topological polar surface area (TPSA) is 65.1 Å². The Balaban J connectivity index is 2.01. The van der Waals surface area contributed by atoms with Crippen molar-refractivity contribution in [2.75, 3.05) is 19.1 Å². The number of benzene rings is 2. The maximum absolute atomic E-state index is 13.4. The smallest absolute Gasteiger partial charge is 0.355 e. The van der Waals surface area contributed by atoms with Crippen LogP contribution in [0.4, 0.5) is 10.1 Å². The number of allylic oxidation sites excluding steroid dienone is 2. The lowest BCUT2D eigenvalue weighted by molar-refractivity contribution is -0.139. The van der Waals surface area contributed by atoms with Gasteiger partial charge >= 0.3 is 11.9 Å². The largest absolute Gasteiger partial charge is 0.465 e. The van der Waals surface area contributed by atoms with Crippen molar-refractivity contribution in [1.29, 1.82) is 0 Å². The first-order chi connectivity index (χ1) is 14.4. The summed E-state index contributed by atoms with van der Waals surface area (Å²) in [5.41, 5.74) is 0.447. The van der Waals surface area contributed by atoms with Crippen LogP contribution in [0.3, 0.4) is 0 Å². The van der Waals surface area contributed by atoms with Gasteiger partial charge in [-0.05, 0) is 42.5 Å². The van der Waals surface area contributed by atoms with Crippen LogP contribution in [0.2, 0.25) is 5.02 Å². The number of hydrogen-bond donors (Lipinski definition) is 0. The molecule has 0 spiro atoms. The molecule has 0 bridgehead atoms. The van der Waals surface area contributed by atoms with Gasteiger partial charge in [-0.3, -0.25) is 0 Å². The molecule has 0 radical (unpaired) electrons. The number of nitrogens with zero attached hydrogens (tertiary/aromatic N) is 1. The summed E-state index contributed by atoms with van der Waals surface area (Å²) in [6.07, 6.45) is 6.28. The summed E-state index contributed by atoms with van der Waals surface area (Å²) < 4.78 is 28.7. The Bertz CT molecular complexity index is 1080. The molecule has 0 aliphatic carbocycles. The number of carbonyl (C=O) groups excluding carboxylic acids is 2. The van der Waals surface area contributed by atoms with E-state index in [0.29, 0.717) is 11.4 Å². The third kappa shape index (κ3) is 4.52. The third-order valence-electron chi connectivity index (χ3n) is 4.11. The van der Waals surface area contributed by atoms with Crippen LogP contribution in [-0.2, 0) is 19.1 Å². The lowest BCUT2D eigenvalue weighted by atomic mass is 10.1. The van der Waals surface area contributed by atoms with Gasteiger partial charge in [-0.15, -0.1) is 0 Å². The van der Waals surface area contributed by atoms with Crippen molar-refractivity contribution in [2.24, 2.45) is 0 Å². The standard InChI is InChI=1S/C22H17ClFNO5/c1-28-21(26)17-8-3-4-11-25(20(17)22(27)29-2)15-9-10-19(18(23)13-15)30-16-7-5-6-14(24)12-16/h3-13H,1-2H3. The summed E-state index contributed by atoms with van der Waals surface area (Å²) in [5, 5.41) is 0.214. The highest BCUT2D eigenvalue weighted by atomic mass is 35.5. The number of rotatable bonds is 5. The minimum atomic E-state index is -0.734. The molecule has 8 heteroatoms. The van der Waals surface area contributed by atoms with E-state index < -0.39 is 17.8 Å². The Labute approximate surface area is 177 Å². The van der Waals surface area contributed by atoms with E-state index in [0.717, 1.165) is 0 Å². The van der Waals surface area contributed by atoms with E-state index in [2.05, 4.69) is 0 Å². The Morgan fingerprint density at radius 2 is 1.77 bits per heavy atom. The van der Waals surface area contributed by atoms with E-state index in [1.165, 1.54) is 43.4 Å². The normalized spacial score (nSPS) is 13.1. The van der Waals surface area contributed by atoms with E-state index in [4.69, 9.17) is 25.8 Å². The maximum Gasteiger partial charge on any atom is 0.355 e. The molecule has 2 aromatic carbocycles. The highest BCUT2D eigenvalue weighted by Crippen LogP contribution is 2.35. The van der Waals surface area contributed by atoms with Crippen LogP contribution < -0.4 is 9.64 Å². The molecule has 2 aromatic rings. The van der Waals surface area contributed by atoms with Crippen molar-refractivity contribution in [2.45, 2.75) is 0 Å². The highest BCUT2D eigenvalue weighted by Gasteiger charge is 2.27. The van der Waals surface area contributed by atoms with Gasteiger partial charge in [0.1, 0.15) is 23.0 Å². The van der Waals surface area contributed by atoms with Gasteiger partial charge in [-0.1, -0.05) is 23.7 Å². The molecule has 1 aliphatic heterocycles. The molecule has 0 saturated carbocycles. The fraction of sp³-hybridized carbons (Fsp3) is 0.0909. The summed E-state index contributed by atoms with van der Waals surface area (Å²) in [7, 11) is 2.43. The lowest BCUT2D eigenvalue weighted by Crippen LogP contribution is -2.26. The lowest BCUT2D eigenvalue weighted by Gasteiger charge is -2.23. The summed E-state index contributed by atoms with van der Waals surface area (Å²) >= 11 is 6.36. The number of carbonyl (C=O) groups is 2. The molecule has 0 aromatic heterocycles. The Morgan fingerprint density at radius 3 is 2.43 bits per heavy atom. The number of halogens is 2. The molecule has 0 amide bonds. The molecule has 6 nitrogen and oxygen atoms in total. The molecule has 30 heavy (non-hydrogen) atoms. The molecule has 0 fully saturated rings. The fourth-order valence-corrected chi connectivity index (χ4v) is 2.96.